The van der Waals surface area contributed by atoms with E-state index in [1.807, 2.05) is 0 Å². The Kier molecular flexibility index (Phi) is 5.34. The highest BCUT2D eigenvalue weighted by Crippen LogP contribution is 2.24. The third-order valence-corrected chi connectivity index (χ3v) is 5.31. The van der Waals surface area contributed by atoms with Crippen molar-refractivity contribution in [3.05, 3.63) is 18.2 Å². The highest BCUT2D eigenvalue weighted by atomic mass is 32.2. The molecule has 0 bridgehead atoms. The summed E-state index contributed by atoms with van der Waals surface area (Å²) in [7, 11) is -4.65. The van der Waals surface area contributed by atoms with Crippen molar-refractivity contribution in [1.82, 2.24) is 9.44 Å². The molecule has 10 heteroatoms. The second-order valence-electron chi connectivity index (χ2n) is 3.82. The fourth-order valence-corrected chi connectivity index (χ4v) is 3.11. The predicted octanol–water partition coefficient (Wildman–Crippen LogP) is -0.895. The Labute approximate surface area is 118 Å². The van der Waals surface area contributed by atoms with Crippen molar-refractivity contribution in [2.75, 3.05) is 32.2 Å². The number of sulfonamides is 2. The molecule has 0 atom stereocenters. The molecular weight excluding hydrogens is 306 g/mol. The number of methoxy groups -OCH3 is 1. The number of hydrogen-bond acceptors (Lipinski definition) is 6. The molecule has 0 aromatic heterocycles. The predicted molar refractivity (Wildman–Crippen MR) is 75.4 cm³/mol. The Morgan fingerprint density at radius 3 is 2.45 bits per heavy atom. The fraction of sp³-hybridized carbons (Fsp3) is 0.400. The smallest absolute Gasteiger partial charge is 0.240 e. The molecule has 0 fully saturated rings. The van der Waals surface area contributed by atoms with Gasteiger partial charge in [-0.1, -0.05) is 0 Å². The Balaban J connectivity index is 2.84. The summed E-state index contributed by atoms with van der Waals surface area (Å²) in [6.45, 7) is -0.238. The minimum atomic E-state index is -3.82. The number of benzene rings is 1. The molecule has 8 nitrogen and oxygen atoms in total. The summed E-state index contributed by atoms with van der Waals surface area (Å²) in [4.78, 5) is -0.0506. The molecule has 1 rings (SSSR count). The molecule has 0 aliphatic rings. The second kappa shape index (κ2) is 6.39. The SMILES string of the molecule is CNS(=O)(=O)CCNS(=O)(=O)c1ccc(N)c(OC)c1. The van der Waals surface area contributed by atoms with Gasteiger partial charge in [0.15, 0.2) is 0 Å². The lowest BCUT2D eigenvalue weighted by molar-refractivity contribution is 0.415. The average Bonchev–Trinajstić information content (AvgIpc) is 2.38. The van der Waals surface area contributed by atoms with Crippen molar-refractivity contribution in [2.45, 2.75) is 4.90 Å². The van der Waals surface area contributed by atoms with Crippen molar-refractivity contribution in [1.29, 1.82) is 0 Å². The van der Waals surface area contributed by atoms with Gasteiger partial charge in [0.05, 0.1) is 23.4 Å². The van der Waals surface area contributed by atoms with E-state index in [4.69, 9.17) is 10.5 Å². The van der Waals surface area contributed by atoms with E-state index in [1.54, 1.807) is 0 Å². The molecule has 0 spiro atoms. The zero-order chi connectivity index (χ0) is 15.4. The molecule has 0 aliphatic carbocycles. The Bertz CT molecular complexity index is 670. The Morgan fingerprint density at radius 2 is 1.90 bits per heavy atom. The topological polar surface area (TPSA) is 128 Å². The third-order valence-electron chi connectivity index (χ3n) is 2.49. The van der Waals surface area contributed by atoms with Crippen LogP contribution >= 0.6 is 0 Å². The molecule has 4 N–H and O–H groups in total. The van der Waals surface area contributed by atoms with E-state index >= 15 is 0 Å². The summed E-state index contributed by atoms with van der Waals surface area (Å²) in [5.74, 6) is -0.120. The van der Waals surface area contributed by atoms with Crippen LogP contribution in [0.4, 0.5) is 5.69 Å². The monoisotopic (exact) mass is 323 g/mol. The summed E-state index contributed by atoms with van der Waals surface area (Å²) < 4.78 is 55.5. The van der Waals surface area contributed by atoms with Gasteiger partial charge in [0, 0.05) is 12.6 Å². The van der Waals surface area contributed by atoms with E-state index in [0.717, 1.165) is 0 Å². The van der Waals surface area contributed by atoms with Gasteiger partial charge in [0.1, 0.15) is 5.75 Å². The minimum absolute atomic E-state index is 0.0506. The van der Waals surface area contributed by atoms with Gasteiger partial charge < -0.3 is 10.5 Å². The van der Waals surface area contributed by atoms with Crippen LogP contribution in [-0.2, 0) is 20.0 Å². The van der Waals surface area contributed by atoms with Crippen LogP contribution in [0.15, 0.2) is 23.1 Å². The molecule has 0 aliphatic heterocycles. The summed E-state index contributed by atoms with van der Waals surface area (Å²) >= 11 is 0. The van der Waals surface area contributed by atoms with Crippen LogP contribution in [0, 0.1) is 0 Å². The number of rotatable bonds is 7. The van der Waals surface area contributed by atoms with Crippen LogP contribution in [0.1, 0.15) is 0 Å². The van der Waals surface area contributed by atoms with Crippen molar-refractivity contribution in [3.8, 4) is 5.75 Å². The van der Waals surface area contributed by atoms with Gasteiger partial charge in [0.2, 0.25) is 20.0 Å². The van der Waals surface area contributed by atoms with Crippen LogP contribution in [0.3, 0.4) is 0 Å². The van der Waals surface area contributed by atoms with E-state index in [1.165, 1.54) is 32.4 Å². The maximum atomic E-state index is 12.0. The van der Waals surface area contributed by atoms with Gasteiger partial charge in [-0.2, -0.15) is 0 Å². The number of nitrogen functional groups attached to an aromatic ring is 1. The van der Waals surface area contributed by atoms with Gasteiger partial charge in [-0.3, -0.25) is 0 Å². The molecule has 1 aromatic rings. The molecule has 0 saturated carbocycles. The number of nitrogens with one attached hydrogen (secondary N) is 2. The lowest BCUT2D eigenvalue weighted by Crippen LogP contribution is -2.33. The standard InChI is InChI=1S/C10H17N3O5S2/c1-12-19(14,15)6-5-13-20(16,17)8-3-4-9(11)10(7-8)18-2/h3-4,7,12-13H,5-6,11H2,1-2H3. The minimum Gasteiger partial charge on any atom is -0.495 e. The number of anilines is 1. The highest BCUT2D eigenvalue weighted by molar-refractivity contribution is 7.90. The number of hydrogen-bond donors (Lipinski definition) is 3. The lowest BCUT2D eigenvalue weighted by Gasteiger charge is -2.09. The lowest BCUT2D eigenvalue weighted by atomic mass is 10.3. The zero-order valence-corrected chi connectivity index (χ0v) is 12.7. The summed E-state index contributed by atoms with van der Waals surface area (Å²) in [5, 5.41) is 0. The molecule has 0 amide bonds. The van der Waals surface area contributed by atoms with E-state index in [9.17, 15) is 16.8 Å². The van der Waals surface area contributed by atoms with Crippen LogP contribution in [0.2, 0.25) is 0 Å². The number of ether oxygens (including phenoxy) is 1. The maximum absolute atomic E-state index is 12.0. The molecule has 20 heavy (non-hydrogen) atoms. The van der Waals surface area contributed by atoms with Crippen molar-refractivity contribution in [3.63, 3.8) is 0 Å². The maximum Gasteiger partial charge on any atom is 0.240 e. The molecule has 0 saturated heterocycles. The first-order valence-corrected chi connectivity index (χ1v) is 8.70. The van der Waals surface area contributed by atoms with Gasteiger partial charge in [0.25, 0.3) is 0 Å². The Morgan fingerprint density at radius 1 is 1.25 bits per heavy atom. The van der Waals surface area contributed by atoms with Crippen molar-refractivity contribution in [2.24, 2.45) is 0 Å². The van der Waals surface area contributed by atoms with Crippen molar-refractivity contribution < 1.29 is 21.6 Å². The summed E-state index contributed by atoms with van der Waals surface area (Å²) in [6, 6.07) is 3.98. The van der Waals surface area contributed by atoms with E-state index < -0.39 is 20.0 Å². The van der Waals surface area contributed by atoms with E-state index in [2.05, 4.69) is 9.44 Å². The quantitative estimate of drug-likeness (QED) is 0.558. The van der Waals surface area contributed by atoms with E-state index in [0.29, 0.717) is 5.69 Å². The van der Waals surface area contributed by atoms with Crippen LogP contribution < -0.4 is 19.9 Å². The van der Waals surface area contributed by atoms with Crippen molar-refractivity contribution >= 4 is 25.7 Å². The van der Waals surface area contributed by atoms with Gasteiger partial charge in [-0.05, 0) is 19.2 Å². The molecular formula is C10H17N3O5S2. The molecule has 0 unspecified atom stereocenters. The largest absolute Gasteiger partial charge is 0.495 e. The van der Waals surface area contributed by atoms with E-state index in [-0.39, 0.29) is 22.9 Å². The Hall–Kier alpha value is -1.36. The van der Waals surface area contributed by atoms with Gasteiger partial charge in [-0.15, -0.1) is 0 Å². The average molecular weight is 323 g/mol. The fourth-order valence-electron chi connectivity index (χ4n) is 1.35. The first-order valence-electron chi connectivity index (χ1n) is 5.56. The van der Waals surface area contributed by atoms with Crippen LogP contribution in [0.25, 0.3) is 0 Å². The third kappa shape index (κ3) is 4.34. The van der Waals surface area contributed by atoms with Gasteiger partial charge in [-0.25, -0.2) is 26.3 Å². The first kappa shape index (κ1) is 16.7. The highest BCUT2D eigenvalue weighted by Gasteiger charge is 2.17. The molecule has 1 aromatic carbocycles. The second-order valence-corrected chi connectivity index (χ2v) is 7.64. The molecule has 114 valence electrons. The zero-order valence-electron chi connectivity index (χ0n) is 11.1. The normalized spacial score (nSPS) is 12.3. The summed E-state index contributed by atoms with van der Waals surface area (Å²) in [6.07, 6.45) is 0. The van der Waals surface area contributed by atoms with Crippen LogP contribution in [0.5, 0.6) is 5.75 Å². The summed E-state index contributed by atoms with van der Waals surface area (Å²) in [5.41, 5.74) is 5.90. The first-order chi connectivity index (χ1) is 9.22. The molecule has 0 heterocycles. The number of nitrogens with two attached hydrogens (primary N) is 1. The molecule has 0 radical (unpaired) electrons. The van der Waals surface area contributed by atoms with Gasteiger partial charge >= 0.3 is 0 Å². The van der Waals surface area contributed by atoms with Crippen LogP contribution in [-0.4, -0.2) is 43.3 Å².